The molecule has 2 N–H and O–H groups in total. The summed E-state index contributed by atoms with van der Waals surface area (Å²) in [6.07, 6.45) is 3.78. The van der Waals surface area contributed by atoms with Gasteiger partial charge in [0.25, 0.3) is 0 Å². The van der Waals surface area contributed by atoms with Crippen molar-refractivity contribution >= 4 is 17.3 Å². The largest absolute Gasteiger partial charge is 0.381 e. The highest BCUT2D eigenvalue weighted by Gasteiger charge is 2.34. The molecule has 1 saturated carbocycles. The molecule has 1 fully saturated rings. The third-order valence-corrected chi connectivity index (χ3v) is 4.14. The van der Waals surface area contributed by atoms with Gasteiger partial charge >= 0.3 is 0 Å². The number of hydrogen-bond acceptors (Lipinski definition) is 2. The maximum absolute atomic E-state index is 11.1. The van der Waals surface area contributed by atoms with Crippen LogP contribution in [0.2, 0.25) is 0 Å². The zero-order valence-corrected chi connectivity index (χ0v) is 12.3. The van der Waals surface area contributed by atoms with Gasteiger partial charge in [0.2, 0.25) is 5.91 Å². The molecule has 0 aliphatic heterocycles. The zero-order chi connectivity index (χ0) is 14.0. The fourth-order valence-corrected chi connectivity index (χ4v) is 2.84. The van der Waals surface area contributed by atoms with Crippen molar-refractivity contribution in [3.8, 4) is 0 Å². The smallest absolute Gasteiger partial charge is 0.221 e. The quantitative estimate of drug-likeness (QED) is 0.864. The Morgan fingerprint density at radius 1 is 1.37 bits per heavy atom. The van der Waals surface area contributed by atoms with Crippen molar-refractivity contribution in [1.82, 2.24) is 0 Å². The van der Waals surface area contributed by atoms with Gasteiger partial charge in [-0.3, -0.25) is 4.79 Å². The number of anilines is 2. The maximum atomic E-state index is 11.1. The van der Waals surface area contributed by atoms with Gasteiger partial charge in [0, 0.05) is 24.3 Å². The lowest BCUT2D eigenvalue weighted by molar-refractivity contribution is -0.114. The molecule has 1 aliphatic carbocycles. The van der Waals surface area contributed by atoms with Crippen molar-refractivity contribution < 1.29 is 4.79 Å². The summed E-state index contributed by atoms with van der Waals surface area (Å²) in [6, 6.07) is 6.54. The van der Waals surface area contributed by atoms with Gasteiger partial charge in [0.1, 0.15) is 0 Å². The lowest BCUT2D eigenvalue weighted by Crippen LogP contribution is -2.31. The lowest BCUT2D eigenvalue weighted by atomic mass is 9.87. The topological polar surface area (TPSA) is 41.1 Å². The third-order valence-electron chi connectivity index (χ3n) is 4.14. The van der Waals surface area contributed by atoms with Crippen molar-refractivity contribution in [3.63, 3.8) is 0 Å². The first-order valence-electron chi connectivity index (χ1n) is 7.03. The van der Waals surface area contributed by atoms with Crippen LogP contribution >= 0.6 is 0 Å². The molecule has 1 aromatic carbocycles. The van der Waals surface area contributed by atoms with Crippen LogP contribution in [-0.4, -0.2) is 11.9 Å². The van der Waals surface area contributed by atoms with E-state index in [4.69, 9.17) is 0 Å². The molecule has 2 rings (SSSR count). The molecule has 0 aromatic heterocycles. The summed E-state index contributed by atoms with van der Waals surface area (Å²) < 4.78 is 0. The molecule has 1 unspecified atom stereocenters. The number of carbonyl (C=O) groups excluding carboxylic acids is 1. The minimum atomic E-state index is -0.0315. The predicted molar refractivity (Wildman–Crippen MR) is 80.5 cm³/mol. The van der Waals surface area contributed by atoms with Crippen LogP contribution in [0.4, 0.5) is 11.4 Å². The Morgan fingerprint density at radius 3 is 2.68 bits per heavy atom. The van der Waals surface area contributed by atoms with E-state index in [1.807, 2.05) is 12.1 Å². The van der Waals surface area contributed by atoms with Gasteiger partial charge < -0.3 is 10.6 Å². The molecule has 3 heteroatoms. The second kappa shape index (κ2) is 5.24. The Morgan fingerprint density at radius 2 is 2.11 bits per heavy atom. The van der Waals surface area contributed by atoms with Crippen LogP contribution in [0.5, 0.6) is 0 Å². The molecule has 0 saturated heterocycles. The van der Waals surface area contributed by atoms with Crippen molar-refractivity contribution in [3.05, 3.63) is 23.8 Å². The minimum absolute atomic E-state index is 0.0315. The summed E-state index contributed by atoms with van der Waals surface area (Å²) in [5.74, 6) is -0.0315. The van der Waals surface area contributed by atoms with Crippen LogP contribution in [0, 0.1) is 12.3 Å². The van der Waals surface area contributed by atoms with Gasteiger partial charge in [-0.05, 0) is 42.9 Å². The first kappa shape index (κ1) is 13.9. The third kappa shape index (κ3) is 3.28. The van der Waals surface area contributed by atoms with Crippen molar-refractivity contribution in [2.24, 2.45) is 5.41 Å². The predicted octanol–water partition coefficient (Wildman–Crippen LogP) is 3.94. The monoisotopic (exact) mass is 260 g/mol. The van der Waals surface area contributed by atoms with E-state index in [1.165, 1.54) is 31.7 Å². The van der Waals surface area contributed by atoms with E-state index in [1.54, 1.807) is 0 Å². The van der Waals surface area contributed by atoms with Crippen molar-refractivity contribution in [1.29, 1.82) is 0 Å². The Hall–Kier alpha value is -1.51. The number of nitrogens with one attached hydrogen (secondary N) is 2. The van der Waals surface area contributed by atoms with Crippen LogP contribution < -0.4 is 10.6 Å². The van der Waals surface area contributed by atoms with Gasteiger partial charge in [-0.15, -0.1) is 0 Å². The van der Waals surface area contributed by atoms with E-state index in [9.17, 15) is 4.79 Å². The summed E-state index contributed by atoms with van der Waals surface area (Å²) in [5.41, 5.74) is 3.55. The summed E-state index contributed by atoms with van der Waals surface area (Å²) in [5, 5.41) is 6.50. The number of hydrogen-bond donors (Lipinski definition) is 2. The summed E-state index contributed by atoms with van der Waals surface area (Å²) in [7, 11) is 0. The van der Waals surface area contributed by atoms with Crippen molar-refractivity contribution in [2.45, 2.75) is 53.0 Å². The van der Waals surface area contributed by atoms with Crippen LogP contribution in [0.1, 0.15) is 45.6 Å². The molecule has 0 heterocycles. The molecule has 0 bridgehead atoms. The standard InChI is InChI=1S/C16H24N2O/c1-11-7-8-13(17-12(2)19)10-14(11)18-15-6-5-9-16(15,3)4/h7-8,10,15,18H,5-6,9H2,1-4H3,(H,17,19). The van der Waals surface area contributed by atoms with Crippen LogP contribution in [0.3, 0.4) is 0 Å². The normalized spacial score (nSPS) is 21.2. The first-order valence-corrected chi connectivity index (χ1v) is 7.03. The highest BCUT2D eigenvalue weighted by molar-refractivity contribution is 5.89. The molecular weight excluding hydrogens is 236 g/mol. The molecule has 0 radical (unpaired) electrons. The number of amides is 1. The van der Waals surface area contributed by atoms with Crippen LogP contribution in [0.15, 0.2) is 18.2 Å². The molecule has 1 atom stereocenters. The molecule has 1 aromatic rings. The lowest BCUT2D eigenvalue weighted by Gasteiger charge is -2.29. The van der Waals surface area contributed by atoms with Crippen LogP contribution in [0.25, 0.3) is 0 Å². The summed E-state index contributed by atoms with van der Waals surface area (Å²) in [6.45, 7) is 8.28. The maximum Gasteiger partial charge on any atom is 0.221 e. The summed E-state index contributed by atoms with van der Waals surface area (Å²) >= 11 is 0. The van der Waals surface area contributed by atoms with Crippen LogP contribution in [-0.2, 0) is 4.79 Å². The van der Waals surface area contributed by atoms with Gasteiger partial charge in [-0.25, -0.2) is 0 Å². The second-order valence-corrected chi connectivity index (χ2v) is 6.29. The fourth-order valence-electron chi connectivity index (χ4n) is 2.84. The average molecular weight is 260 g/mol. The van der Waals surface area contributed by atoms with Gasteiger partial charge in [0.15, 0.2) is 0 Å². The van der Waals surface area contributed by atoms with E-state index in [0.29, 0.717) is 11.5 Å². The Bertz CT molecular complexity index is 480. The summed E-state index contributed by atoms with van der Waals surface area (Å²) in [4.78, 5) is 11.1. The van der Waals surface area contributed by atoms with E-state index in [2.05, 4.69) is 37.5 Å². The number of aryl methyl sites for hydroxylation is 1. The Kier molecular flexibility index (Phi) is 3.83. The molecule has 19 heavy (non-hydrogen) atoms. The fraction of sp³-hybridized carbons (Fsp3) is 0.562. The number of benzene rings is 1. The molecule has 104 valence electrons. The van der Waals surface area contributed by atoms with E-state index >= 15 is 0 Å². The van der Waals surface area contributed by atoms with Crippen molar-refractivity contribution in [2.75, 3.05) is 10.6 Å². The van der Waals surface area contributed by atoms with Gasteiger partial charge in [-0.2, -0.15) is 0 Å². The SMILES string of the molecule is CC(=O)Nc1ccc(C)c(NC2CCCC2(C)C)c1. The van der Waals surface area contributed by atoms with E-state index in [-0.39, 0.29) is 5.91 Å². The zero-order valence-electron chi connectivity index (χ0n) is 12.3. The first-order chi connectivity index (χ1) is 8.88. The molecule has 1 aliphatic rings. The van der Waals surface area contributed by atoms with Gasteiger partial charge in [-0.1, -0.05) is 26.3 Å². The van der Waals surface area contributed by atoms with E-state index in [0.717, 1.165) is 11.4 Å². The minimum Gasteiger partial charge on any atom is -0.381 e. The molecule has 0 spiro atoms. The second-order valence-electron chi connectivity index (χ2n) is 6.29. The molecular formula is C16H24N2O. The molecule has 3 nitrogen and oxygen atoms in total. The van der Waals surface area contributed by atoms with Gasteiger partial charge in [0.05, 0.1) is 0 Å². The highest BCUT2D eigenvalue weighted by Crippen LogP contribution is 2.39. The Labute approximate surface area is 115 Å². The highest BCUT2D eigenvalue weighted by atomic mass is 16.1. The number of rotatable bonds is 3. The number of carbonyl (C=O) groups is 1. The van der Waals surface area contributed by atoms with E-state index < -0.39 is 0 Å². The Balaban J connectivity index is 2.17. The molecule has 1 amide bonds. The average Bonchev–Trinajstić information content (AvgIpc) is 2.62.